The van der Waals surface area contributed by atoms with Crippen LogP contribution < -0.4 is 0 Å². The topological polar surface area (TPSA) is 67.6 Å². The summed E-state index contributed by atoms with van der Waals surface area (Å²) in [7, 11) is -3.46. The van der Waals surface area contributed by atoms with E-state index in [0.717, 1.165) is 31.1 Å². The molecule has 2 heterocycles. The number of benzene rings is 1. The molecule has 1 aliphatic heterocycles. The van der Waals surface area contributed by atoms with Crippen LogP contribution in [-0.4, -0.2) is 32.0 Å². The summed E-state index contributed by atoms with van der Waals surface area (Å²) in [5.74, 6) is -0.168. The molecule has 0 saturated carbocycles. The van der Waals surface area contributed by atoms with Crippen LogP contribution in [0.3, 0.4) is 0 Å². The first-order valence-corrected chi connectivity index (χ1v) is 10.3. The van der Waals surface area contributed by atoms with Gasteiger partial charge in [-0.2, -0.15) is 0 Å². The van der Waals surface area contributed by atoms with Gasteiger partial charge >= 0.3 is 0 Å². The molecule has 1 fully saturated rings. The molecule has 6 heteroatoms. The molecule has 0 aliphatic carbocycles. The zero-order chi connectivity index (χ0) is 18.2. The molecule has 1 unspecified atom stereocenters. The van der Waals surface area contributed by atoms with Crippen LogP contribution in [0, 0.1) is 13.8 Å². The molecule has 0 N–H and O–H groups in total. The molecule has 0 bridgehead atoms. The number of furan rings is 1. The van der Waals surface area contributed by atoms with E-state index < -0.39 is 9.84 Å². The second-order valence-electron chi connectivity index (χ2n) is 6.69. The molecule has 1 saturated heterocycles. The lowest BCUT2D eigenvalue weighted by molar-refractivity contribution is 0.0572. The lowest BCUT2D eigenvalue weighted by Gasteiger charge is -2.36. The van der Waals surface area contributed by atoms with Crippen molar-refractivity contribution in [3.63, 3.8) is 0 Å². The number of amides is 1. The predicted octanol–water partition coefficient (Wildman–Crippen LogP) is 3.67. The number of aryl methyl sites for hydroxylation is 1. The lowest BCUT2D eigenvalue weighted by atomic mass is 9.90. The summed E-state index contributed by atoms with van der Waals surface area (Å²) in [6, 6.07) is 8.95. The summed E-state index contributed by atoms with van der Waals surface area (Å²) in [4.78, 5) is 14.8. The molecule has 25 heavy (non-hydrogen) atoms. The highest BCUT2D eigenvalue weighted by molar-refractivity contribution is 7.90. The minimum atomic E-state index is -3.46. The van der Waals surface area contributed by atoms with Crippen LogP contribution in [-0.2, 0) is 9.84 Å². The van der Waals surface area contributed by atoms with E-state index in [9.17, 15) is 13.2 Å². The number of nitrogens with zero attached hydrogens (tertiary/aromatic N) is 1. The standard InChI is InChI=1S/C19H23NO4S/c1-13-7-6-8-15(14(13)2)16-9-4-5-12-20(16)19(21)17-10-11-18(24-17)25(3,22)23/h6-8,10-11,16H,4-5,9,12H2,1-3H3. The fourth-order valence-corrected chi connectivity index (χ4v) is 3.97. The van der Waals surface area contributed by atoms with Crippen molar-refractivity contribution in [2.24, 2.45) is 0 Å². The first-order chi connectivity index (χ1) is 11.8. The van der Waals surface area contributed by atoms with Crippen LogP contribution in [0.4, 0.5) is 0 Å². The Bertz CT molecular complexity index is 898. The Hall–Kier alpha value is -2.08. The number of hydrogen-bond donors (Lipinski definition) is 0. The second kappa shape index (κ2) is 6.67. The van der Waals surface area contributed by atoms with Crippen LogP contribution in [0.25, 0.3) is 0 Å². The maximum absolute atomic E-state index is 13.0. The summed E-state index contributed by atoms with van der Waals surface area (Å²) >= 11 is 0. The molecular weight excluding hydrogens is 338 g/mol. The van der Waals surface area contributed by atoms with Gasteiger partial charge in [-0.3, -0.25) is 4.79 Å². The van der Waals surface area contributed by atoms with E-state index in [4.69, 9.17) is 4.42 Å². The third kappa shape index (κ3) is 3.49. The highest BCUT2D eigenvalue weighted by atomic mass is 32.2. The molecular formula is C19H23NO4S. The Morgan fingerprint density at radius 1 is 1.16 bits per heavy atom. The van der Waals surface area contributed by atoms with Gasteiger partial charge in [-0.25, -0.2) is 8.42 Å². The number of likely N-dealkylation sites (tertiary alicyclic amines) is 1. The zero-order valence-electron chi connectivity index (χ0n) is 14.8. The van der Waals surface area contributed by atoms with Gasteiger partial charge in [-0.15, -0.1) is 0 Å². The maximum atomic E-state index is 13.0. The van der Waals surface area contributed by atoms with E-state index in [0.29, 0.717) is 6.54 Å². The molecule has 1 aromatic carbocycles. The van der Waals surface area contributed by atoms with Crippen molar-refractivity contribution in [1.29, 1.82) is 0 Å². The van der Waals surface area contributed by atoms with Gasteiger partial charge in [-0.05, 0) is 61.9 Å². The van der Waals surface area contributed by atoms with Crippen LogP contribution in [0.1, 0.15) is 52.5 Å². The number of sulfone groups is 1. The average Bonchev–Trinajstić information content (AvgIpc) is 3.07. The summed E-state index contributed by atoms with van der Waals surface area (Å²) in [6.45, 7) is 4.79. The van der Waals surface area contributed by atoms with Gasteiger partial charge in [0.05, 0.1) is 6.04 Å². The first-order valence-electron chi connectivity index (χ1n) is 8.46. The van der Waals surface area contributed by atoms with Crippen molar-refractivity contribution in [3.8, 4) is 0 Å². The Morgan fingerprint density at radius 2 is 1.92 bits per heavy atom. The SMILES string of the molecule is Cc1cccc(C2CCCCN2C(=O)c2ccc(S(C)(=O)=O)o2)c1C. The monoisotopic (exact) mass is 361 g/mol. The van der Waals surface area contributed by atoms with E-state index in [1.54, 1.807) is 0 Å². The fourth-order valence-electron chi connectivity index (χ4n) is 3.41. The molecule has 0 spiro atoms. The van der Waals surface area contributed by atoms with Gasteiger partial charge in [0.1, 0.15) is 0 Å². The zero-order valence-corrected chi connectivity index (χ0v) is 15.6. The summed E-state index contributed by atoms with van der Waals surface area (Å²) in [6.07, 6.45) is 3.97. The molecule has 1 atom stereocenters. The predicted molar refractivity (Wildman–Crippen MR) is 95.4 cm³/mol. The van der Waals surface area contributed by atoms with Crippen LogP contribution in [0.15, 0.2) is 39.8 Å². The lowest BCUT2D eigenvalue weighted by Crippen LogP contribution is -2.38. The van der Waals surface area contributed by atoms with Gasteiger partial charge in [-0.1, -0.05) is 18.2 Å². The molecule has 1 aliphatic rings. The number of rotatable bonds is 3. The second-order valence-corrected chi connectivity index (χ2v) is 8.64. The van der Waals surface area contributed by atoms with Crippen molar-refractivity contribution in [2.75, 3.05) is 12.8 Å². The van der Waals surface area contributed by atoms with Gasteiger partial charge in [0.15, 0.2) is 5.76 Å². The molecule has 3 rings (SSSR count). The third-order valence-electron chi connectivity index (χ3n) is 4.93. The molecule has 5 nitrogen and oxygen atoms in total. The van der Waals surface area contributed by atoms with E-state index in [-0.39, 0.29) is 22.8 Å². The van der Waals surface area contributed by atoms with Crippen molar-refractivity contribution < 1.29 is 17.6 Å². The molecule has 1 aromatic heterocycles. The highest BCUT2D eigenvalue weighted by Crippen LogP contribution is 2.35. The number of carbonyl (C=O) groups is 1. The summed E-state index contributed by atoms with van der Waals surface area (Å²) < 4.78 is 28.5. The molecule has 134 valence electrons. The minimum Gasteiger partial charge on any atom is -0.440 e. The average molecular weight is 361 g/mol. The Morgan fingerprint density at radius 3 is 2.60 bits per heavy atom. The van der Waals surface area contributed by atoms with Crippen LogP contribution in [0.2, 0.25) is 0 Å². The third-order valence-corrected chi connectivity index (χ3v) is 5.88. The normalized spacial score (nSPS) is 18.4. The van der Waals surface area contributed by atoms with Crippen molar-refractivity contribution in [1.82, 2.24) is 4.90 Å². The highest BCUT2D eigenvalue weighted by Gasteiger charge is 2.31. The smallest absolute Gasteiger partial charge is 0.290 e. The minimum absolute atomic E-state index is 0.00654. The van der Waals surface area contributed by atoms with E-state index in [1.807, 2.05) is 11.0 Å². The Labute approximate surface area is 148 Å². The van der Waals surface area contributed by atoms with Gasteiger partial charge in [0.25, 0.3) is 5.91 Å². The van der Waals surface area contributed by atoms with E-state index in [2.05, 4.69) is 26.0 Å². The van der Waals surface area contributed by atoms with Crippen molar-refractivity contribution in [2.45, 2.75) is 44.2 Å². The number of hydrogen-bond acceptors (Lipinski definition) is 4. The molecule has 2 aromatic rings. The van der Waals surface area contributed by atoms with Crippen LogP contribution >= 0.6 is 0 Å². The van der Waals surface area contributed by atoms with Gasteiger partial charge in [0.2, 0.25) is 14.9 Å². The largest absolute Gasteiger partial charge is 0.440 e. The van der Waals surface area contributed by atoms with Crippen molar-refractivity contribution >= 4 is 15.7 Å². The Balaban J connectivity index is 1.94. The van der Waals surface area contributed by atoms with Gasteiger partial charge < -0.3 is 9.32 Å². The molecule has 1 amide bonds. The number of piperidine rings is 1. The maximum Gasteiger partial charge on any atom is 0.290 e. The van der Waals surface area contributed by atoms with E-state index >= 15 is 0 Å². The summed E-state index contributed by atoms with van der Waals surface area (Å²) in [5, 5.41) is -0.170. The van der Waals surface area contributed by atoms with E-state index in [1.165, 1.54) is 23.3 Å². The quantitative estimate of drug-likeness (QED) is 0.836. The summed E-state index contributed by atoms with van der Waals surface area (Å²) in [5.41, 5.74) is 3.55. The number of carbonyl (C=O) groups excluding carboxylic acids is 1. The van der Waals surface area contributed by atoms with Crippen molar-refractivity contribution in [3.05, 3.63) is 52.8 Å². The first kappa shape index (κ1) is 17.7. The Kier molecular flexibility index (Phi) is 4.73. The fraction of sp³-hybridized carbons (Fsp3) is 0.421. The van der Waals surface area contributed by atoms with Gasteiger partial charge in [0, 0.05) is 12.8 Å². The molecule has 0 radical (unpaired) electrons. The van der Waals surface area contributed by atoms with Crippen LogP contribution in [0.5, 0.6) is 0 Å².